The number of ether oxygens (including phenoxy) is 1. The minimum atomic E-state index is -0.472. The lowest BCUT2D eigenvalue weighted by molar-refractivity contribution is -0.143. The van der Waals surface area contributed by atoms with Crippen molar-refractivity contribution in [1.29, 1.82) is 0 Å². The maximum absolute atomic E-state index is 12.2. The molecule has 19 heavy (non-hydrogen) atoms. The Balaban J connectivity index is 2.71. The molecule has 1 aliphatic rings. The van der Waals surface area contributed by atoms with Gasteiger partial charge in [-0.25, -0.2) is 0 Å². The Labute approximate surface area is 117 Å². The smallest absolute Gasteiger partial charge is 0.237 e. The molecule has 112 valence electrons. The number of carbonyl (C=O) groups is 1. The second-order valence-corrected chi connectivity index (χ2v) is 6.81. The van der Waals surface area contributed by atoms with E-state index in [1.807, 2.05) is 20.8 Å². The summed E-state index contributed by atoms with van der Waals surface area (Å²) in [5.74, 6) is -0.0432. The summed E-state index contributed by atoms with van der Waals surface area (Å²) in [5.41, 5.74) is 5.88. The van der Waals surface area contributed by atoms with Crippen LogP contribution in [0.15, 0.2) is 0 Å². The van der Waals surface area contributed by atoms with Gasteiger partial charge in [0.25, 0.3) is 0 Å². The average molecular weight is 270 g/mol. The van der Waals surface area contributed by atoms with Crippen molar-refractivity contribution in [2.75, 3.05) is 7.11 Å². The molecule has 1 saturated carbocycles. The van der Waals surface area contributed by atoms with Crippen molar-refractivity contribution in [3.63, 3.8) is 0 Å². The van der Waals surface area contributed by atoms with Crippen molar-refractivity contribution in [1.82, 2.24) is 5.32 Å². The van der Waals surface area contributed by atoms with E-state index in [-0.39, 0.29) is 28.9 Å². The summed E-state index contributed by atoms with van der Waals surface area (Å²) in [4.78, 5) is 12.2. The van der Waals surface area contributed by atoms with Crippen LogP contribution in [-0.2, 0) is 9.53 Å². The lowest BCUT2D eigenvalue weighted by atomic mass is 9.58. The molecule has 4 nitrogen and oxygen atoms in total. The molecular weight excluding hydrogens is 240 g/mol. The molecule has 3 atom stereocenters. The molecule has 2 unspecified atom stereocenters. The van der Waals surface area contributed by atoms with Crippen LogP contribution in [0.4, 0.5) is 0 Å². The fourth-order valence-corrected chi connectivity index (χ4v) is 3.13. The second kappa shape index (κ2) is 5.80. The highest BCUT2D eigenvalue weighted by molar-refractivity contribution is 5.82. The van der Waals surface area contributed by atoms with Gasteiger partial charge in [-0.1, -0.05) is 34.6 Å². The van der Waals surface area contributed by atoms with Gasteiger partial charge in [0.1, 0.15) is 0 Å². The zero-order valence-corrected chi connectivity index (χ0v) is 13.2. The van der Waals surface area contributed by atoms with E-state index >= 15 is 0 Å². The van der Waals surface area contributed by atoms with E-state index in [0.717, 1.165) is 19.3 Å². The molecule has 0 aliphatic heterocycles. The van der Waals surface area contributed by atoms with Crippen LogP contribution in [0.25, 0.3) is 0 Å². The van der Waals surface area contributed by atoms with E-state index in [0.29, 0.717) is 0 Å². The summed E-state index contributed by atoms with van der Waals surface area (Å²) >= 11 is 0. The van der Waals surface area contributed by atoms with Gasteiger partial charge in [-0.2, -0.15) is 0 Å². The summed E-state index contributed by atoms with van der Waals surface area (Å²) < 4.78 is 5.54. The van der Waals surface area contributed by atoms with E-state index in [1.165, 1.54) is 0 Å². The van der Waals surface area contributed by atoms with Gasteiger partial charge < -0.3 is 15.8 Å². The molecule has 0 saturated heterocycles. The maximum atomic E-state index is 12.2. The summed E-state index contributed by atoms with van der Waals surface area (Å²) in [6.45, 7) is 10.3. The van der Waals surface area contributed by atoms with E-state index < -0.39 is 6.04 Å². The Hall–Kier alpha value is -0.610. The molecule has 0 radical (unpaired) electrons. The van der Waals surface area contributed by atoms with E-state index in [4.69, 9.17) is 10.5 Å². The molecule has 3 N–H and O–H groups in total. The first kappa shape index (κ1) is 16.4. The third-order valence-electron chi connectivity index (χ3n) is 4.92. The summed E-state index contributed by atoms with van der Waals surface area (Å²) in [6, 6.07) is -0.283. The molecule has 0 aromatic heterocycles. The number of hydrogen-bond donors (Lipinski definition) is 2. The van der Waals surface area contributed by atoms with Crippen LogP contribution < -0.4 is 11.1 Å². The SMILES string of the molecule is CCC1(CC)C(NC(=O)[C@@H](N)C(C)(C)C)CC1OC. The zero-order chi connectivity index (χ0) is 14.8. The standard InChI is InChI=1S/C15H30N2O2/c1-7-15(8-2)10(9-11(15)19-6)17-13(18)12(16)14(3,4)5/h10-12H,7-9,16H2,1-6H3,(H,17,18)/t10?,11?,12-/m1/s1. The molecule has 4 heteroatoms. The molecular formula is C15H30N2O2. The van der Waals surface area contributed by atoms with Crippen molar-refractivity contribution in [3.05, 3.63) is 0 Å². The molecule has 0 aromatic rings. The van der Waals surface area contributed by atoms with Gasteiger partial charge in [0.2, 0.25) is 5.91 Å². The van der Waals surface area contributed by atoms with Crippen LogP contribution in [-0.4, -0.2) is 31.2 Å². The molecule has 1 aliphatic carbocycles. The highest BCUT2D eigenvalue weighted by Crippen LogP contribution is 2.48. The highest BCUT2D eigenvalue weighted by Gasteiger charge is 2.53. The van der Waals surface area contributed by atoms with Crippen molar-refractivity contribution in [3.8, 4) is 0 Å². The summed E-state index contributed by atoms with van der Waals surface area (Å²) in [6.07, 6.45) is 3.16. The van der Waals surface area contributed by atoms with E-state index in [9.17, 15) is 4.79 Å². The van der Waals surface area contributed by atoms with Crippen LogP contribution in [0.5, 0.6) is 0 Å². The number of nitrogens with two attached hydrogens (primary N) is 1. The van der Waals surface area contributed by atoms with Gasteiger partial charge in [0.15, 0.2) is 0 Å². The van der Waals surface area contributed by atoms with Gasteiger partial charge in [-0.15, -0.1) is 0 Å². The topological polar surface area (TPSA) is 64.4 Å². The third-order valence-corrected chi connectivity index (χ3v) is 4.92. The normalized spacial score (nSPS) is 27.5. The lowest BCUT2D eigenvalue weighted by Crippen LogP contribution is -2.66. The van der Waals surface area contributed by atoms with Crippen LogP contribution in [0, 0.1) is 10.8 Å². The van der Waals surface area contributed by atoms with Crippen molar-refractivity contribution in [2.24, 2.45) is 16.6 Å². The van der Waals surface area contributed by atoms with Crippen LogP contribution in [0.3, 0.4) is 0 Å². The average Bonchev–Trinajstić information content (AvgIpc) is 2.33. The summed E-state index contributed by atoms with van der Waals surface area (Å²) in [7, 11) is 1.75. The number of carbonyl (C=O) groups excluding carboxylic acids is 1. The predicted octanol–water partition coefficient (Wildman–Crippen LogP) is 2.07. The van der Waals surface area contributed by atoms with Gasteiger partial charge in [0, 0.05) is 18.6 Å². The number of nitrogens with one attached hydrogen (secondary N) is 1. The van der Waals surface area contributed by atoms with Crippen molar-refractivity contribution >= 4 is 5.91 Å². The van der Waals surface area contributed by atoms with Gasteiger partial charge in [-0.3, -0.25) is 4.79 Å². The second-order valence-electron chi connectivity index (χ2n) is 6.81. The van der Waals surface area contributed by atoms with Crippen molar-refractivity contribution in [2.45, 2.75) is 72.1 Å². The lowest BCUT2D eigenvalue weighted by Gasteiger charge is -2.55. The quantitative estimate of drug-likeness (QED) is 0.804. The van der Waals surface area contributed by atoms with Crippen molar-refractivity contribution < 1.29 is 9.53 Å². The Morgan fingerprint density at radius 2 is 1.95 bits per heavy atom. The van der Waals surface area contributed by atoms with Gasteiger partial charge >= 0.3 is 0 Å². The molecule has 0 spiro atoms. The maximum Gasteiger partial charge on any atom is 0.237 e. The zero-order valence-electron chi connectivity index (χ0n) is 13.2. The Morgan fingerprint density at radius 3 is 2.32 bits per heavy atom. The minimum Gasteiger partial charge on any atom is -0.381 e. The van der Waals surface area contributed by atoms with Gasteiger partial charge in [0.05, 0.1) is 12.1 Å². The largest absolute Gasteiger partial charge is 0.381 e. The van der Waals surface area contributed by atoms with Gasteiger partial charge in [-0.05, 0) is 24.7 Å². The van der Waals surface area contributed by atoms with Crippen LogP contribution in [0.1, 0.15) is 53.9 Å². The van der Waals surface area contributed by atoms with Crippen LogP contribution in [0.2, 0.25) is 0 Å². The first-order chi connectivity index (χ1) is 8.72. The minimum absolute atomic E-state index is 0.0432. The molecule has 0 aromatic carbocycles. The number of methoxy groups -OCH3 is 1. The highest BCUT2D eigenvalue weighted by atomic mass is 16.5. The molecule has 1 amide bonds. The van der Waals surface area contributed by atoms with Crippen LogP contribution >= 0.6 is 0 Å². The number of hydrogen-bond acceptors (Lipinski definition) is 3. The Morgan fingerprint density at radius 1 is 1.42 bits per heavy atom. The Bertz CT molecular complexity index is 319. The fraction of sp³-hybridized carbons (Fsp3) is 0.933. The molecule has 0 heterocycles. The summed E-state index contributed by atoms with van der Waals surface area (Å²) in [5, 5.41) is 3.14. The first-order valence-electron chi connectivity index (χ1n) is 7.31. The number of rotatable bonds is 5. The number of amides is 1. The van der Waals surface area contributed by atoms with E-state index in [2.05, 4.69) is 19.2 Å². The predicted molar refractivity (Wildman–Crippen MR) is 77.8 cm³/mol. The third kappa shape index (κ3) is 2.95. The molecule has 1 fully saturated rings. The fourth-order valence-electron chi connectivity index (χ4n) is 3.13. The van der Waals surface area contributed by atoms with E-state index in [1.54, 1.807) is 7.11 Å². The molecule has 1 rings (SSSR count). The molecule has 0 bridgehead atoms. The monoisotopic (exact) mass is 270 g/mol. The first-order valence-corrected chi connectivity index (χ1v) is 7.31. The Kier molecular flexibility index (Phi) is 5.02.